The molecule has 0 heterocycles. The van der Waals surface area contributed by atoms with Crippen molar-refractivity contribution >= 4 is 11.6 Å². The van der Waals surface area contributed by atoms with Crippen molar-refractivity contribution < 1.29 is 9.59 Å². The van der Waals surface area contributed by atoms with Crippen molar-refractivity contribution in [1.82, 2.24) is 5.32 Å². The lowest BCUT2D eigenvalue weighted by Crippen LogP contribution is -2.40. The normalized spacial score (nSPS) is 15.1. The first-order valence-corrected chi connectivity index (χ1v) is 6.50. The van der Waals surface area contributed by atoms with Gasteiger partial charge in [0.15, 0.2) is 5.78 Å². The highest BCUT2D eigenvalue weighted by molar-refractivity contribution is 5.89. The van der Waals surface area contributed by atoms with Crippen molar-refractivity contribution in [3.63, 3.8) is 0 Å². The highest BCUT2D eigenvalue weighted by Crippen LogP contribution is 2.19. The molecule has 0 aliphatic rings. The van der Waals surface area contributed by atoms with Gasteiger partial charge in [-0.2, -0.15) is 0 Å². The van der Waals surface area contributed by atoms with Crippen LogP contribution in [0, 0.1) is 17.8 Å². The van der Waals surface area contributed by atoms with E-state index in [1.807, 2.05) is 13.8 Å². The lowest BCUT2D eigenvalue weighted by atomic mass is 9.86. The molecule has 0 spiro atoms. The fraction of sp³-hybridized carbons (Fsp3) is 0.857. The summed E-state index contributed by atoms with van der Waals surface area (Å²) in [7, 11) is 1.80. The highest BCUT2D eigenvalue weighted by atomic mass is 16.1. The van der Waals surface area contributed by atoms with Crippen LogP contribution in [0.1, 0.15) is 47.5 Å². The molecule has 0 saturated heterocycles. The van der Waals surface area contributed by atoms with Crippen LogP contribution in [-0.2, 0) is 9.59 Å². The average Bonchev–Trinajstić information content (AvgIpc) is 2.15. The van der Waals surface area contributed by atoms with Gasteiger partial charge in [-0.1, -0.05) is 27.7 Å². The Morgan fingerprint density at radius 1 is 1.12 bits per heavy atom. The van der Waals surface area contributed by atoms with Gasteiger partial charge in [-0.15, -0.1) is 0 Å². The third-order valence-electron chi connectivity index (χ3n) is 3.10. The Labute approximate surface area is 105 Å². The molecule has 0 fully saturated rings. The molecule has 0 aromatic heterocycles. The predicted octanol–water partition coefficient (Wildman–Crippen LogP) is 2.44. The maximum absolute atomic E-state index is 12.1. The second kappa shape index (κ2) is 7.59. The van der Waals surface area contributed by atoms with E-state index in [2.05, 4.69) is 19.2 Å². The minimum atomic E-state index is -0.135. The number of hydrogen-bond acceptors (Lipinski definition) is 3. The van der Waals surface area contributed by atoms with Crippen LogP contribution in [0.25, 0.3) is 0 Å². The van der Waals surface area contributed by atoms with Gasteiger partial charge in [-0.3, -0.25) is 9.59 Å². The first-order chi connectivity index (χ1) is 7.79. The number of Topliss-reactive ketones (excluding diaryl/α,β-unsaturated/α-hetero) is 2. The van der Waals surface area contributed by atoms with Gasteiger partial charge < -0.3 is 5.32 Å². The van der Waals surface area contributed by atoms with Crippen LogP contribution in [0.4, 0.5) is 0 Å². The number of ketones is 2. The zero-order chi connectivity index (χ0) is 13.6. The summed E-state index contributed by atoms with van der Waals surface area (Å²) in [5, 5.41) is 3.04. The molecular formula is C14H27NO2. The first kappa shape index (κ1) is 16.3. The summed E-state index contributed by atoms with van der Waals surface area (Å²) in [6.45, 7) is 9.79. The van der Waals surface area contributed by atoms with E-state index in [0.29, 0.717) is 12.3 Å². The van der Waals surface area contributed by atoms with Gasteiger partial charge >= 0.3 is 0 Å². The number of hydrogen-bond donors (Lipinski definition) is 1. The van der Waals surface area contributed by atoms with Crippen LogP contribution in [-0.4, -0.2) is 24.7 Å². The lowest BCUT2D eigenvalue weighted by molar-refractivity contribution is -0.128. The number of nitrogens with one attached hydrogen (secondary N) is 1. The lowest BCUT2D eigenvalue weighted by Gasteiger charge is -2.22. The topological polar surface area (TPSA) is 46.2 Å². The molecule has 0 rings (SSSR count). The molecular weight excluding hydrogens is 214 g/mol. The molecule has 3 nitrogen and oxygen atoms in total. The van der Waals surface area contributed by atoms with Gasteiger partial charge in [0.1, 0.15) is 5.78 Å². The molecule has 17 heavy (non-hydrogen) atoms. The second-order valence-corrected chi connectivity index (χ2v) is 5.62. The smallest absolute Gasteiger partial charge is 0.150 e. The molecule has 0 bridgehead atoms. The largest absolute Gasteiger partial charge is 0.310 e. The molecule has 0 aromatic rings. The standard InChI is InChI=1S/C14H27NO2/c1-9(2)7-12(11(5)16)8-13(17)14(15-6)10(3)4/h9-10,12,14-15H,7-8H2,1-6H3. The third-order valence-corrected chi connectivity index (χ3v) is 3.10. The van der Waals surface area contributed by atoms with Gasteiger partial charge in [0.25, 0.3) is 0 Å². The van der Waals surface area contributed by atoms with Crippen LogP contribution in [0.2, 0.25) is 0 Å². The number of carbonyl (C=O) groups is 2. The van der Waals surface area contributed by atoms with Gasteiger partial charge in [0.2, 0.25) is 0 Å². The van der Waals surface area contributed by atoms with Crippen molar-refractivity contribution in [1.29, 1.82) is 0 Å². The monoisotopic (exact) mass is 241 g/mol. The van der Waals surface area contributed by atoms with Crippen molar-refractivity contribution in [2.45, 2.75) is 53.5 Å². The molecule has 3 heteroatoms. The van der Waals surface area contributed by atoms with Crippen molar-refractivity contribution in [3.05, 3.63) is 0 Å². The first-order valence-electron chi connectivity index (χ1n) is 6.50. The Balaban J connectivity index is 4.54. The van der Waals surface area contributed by atoms with E-state index in [-0.39, 0.29) is 29.4 Å². The summed E-state index contributed by atoms with van der Waals surface area (Å²) in [4.78, 5) is 23.6. The fourth-order valence-corrected chi connectivity index (χ4v) is 2.20. The molecule has 0 aliphatic carbocycles. The van der Waals surface area contributed by atoms with E-state index < -0.39 is 0 Å². The Kier molecular flexibility index (Phi) is 7.28. The summed E-state index contributed by atoms with van der Waals surface area (Å²) < 4.78 is 0. The SMILES string of the molecule is CNC(C(=O)CC(CC(C)C)C(C)=O)C(C)C. The van der Waals surface area contributed by atoms with E-state index in [1.54, 1.807) is 14.0 Å². The highest BCUT2D eigenvalue weighted by Gasteiger charge is 2.25. The van der Waals surface area contributed by atoms with E-state index in [0.717, 1.165) is 6.42 Å². The molecule has 2 unspecified atom stereocenters. The second-order valence-electron chi connectivity index (χ2n) is 5.62. The molecule has 1 N–H and O–H groups in total. The fourth-order valence-electron chi connectivity index (χ4n) is 2.20. The predicted molar refractivity (Wildman–Crippen MR) is 70.9 cm³/mol. The summed E-state index contributed by atoms with van der Waals surface area (Å²) in [6.07, 6.45) is 1.17. The number of rotatable bonds is 8. The van der Waals surface area contributed by atoms with Gasteiger partial charge in [0, 0.05) is 12.3 Å². The van der Waals surface area contributed by atoms with Gasteiger partial charge in [-0.25, -0.2) is 0 Å². The minimum absolute atomic E-state index is 0.114. The van der Waals surface area contributed by atoms with Crippen molar-refractivity contribution in [2.75, 3.05) is 7.05 Å². The Morgan fingerprint density at radius 2 is 1.65 bits per heavy atom. The van der Waals surface area contributed by atoms with E-state index in [4.69, 9.17) is 0 Å². The molecule has 2 atom stereocenters. The Bertz CT molecular complexity index is 259. The molecule has 0 saturated carbocycles. The zero-order valence-electron chi connectivity index (χ0n) is 12.0. The van der Waals surface area contributed by atoms with Crippen LogP contribution in [0.3, 0.4) is 0 Å². The number of likely N-dealkylation sites (N-methyl/N-ethyl adjacent to an activating group) is 1. The van der Waals surface area contributed by atoms with Crippen molar-refractivity contribution in [2.24, 2.45) is 17.8 Å². The summed E-state index contributed by atoms with van der Waals surface area (Å²) in [5.41, 5.74) is 0. The molecule has 100 valence electrons. The molecule has 0 aromatic carbocycles. The molecule has 0 aliphatic heterocycles. The average molecular weight is 241 g/mol. The van der Waals surface area contributed by atoms with E-state index >= 15 is 0 Å². The Hall–Kier alpha value is -0.700. The molecule has 0 amide bonds. The zero-order valence-corrected chi connectivity index (χ0v) is 12.0. The van der Waals surface area contributed by atoms with Crippen LogP contribution >= 0.6 is 0 Å². The summed E-state index contributed by atoms with van der Waals surface area (Å²) in [5.74, 6) is 0.883. The van der Waals surface area contributed by atoms with Crippen LogP contribution in [0.5, 0.6) is 0 Å². The van der Waals surface area contributed by atoms with E-state index in [9.17, 15) is 9.59 Å². The van der Waals surface area contributed by atoms with Crippen molar-refractivity contribution in [3.8, 4) is 0 Å². The Morgan fingerprint density at radius 3 is 1.94 bits per heavy atom. The minimum Gasteiger partial charge on any atom is -0.310 e. The van der Waals surface area contributed by atoms with Crippen LogP contribution < -0.4 is 5.32 Å². The summed E-state index contributed by atoms with van der Waals surface area (Å²) in [6, 6.07) is -0.135. The van der Waals surface area contributed by atoms with Gasteiger partial charge in [-0.05, 0) is 32.2 Å². The maximum atomic E-state index is 12.1. The van der Waals surface area contributed by atoms with Crippen LogP contribution in [0.15, 0.2) is 0 Å². The third kappa shape index (κ3) is 5.97. The number of carbonyl (C=O) groups excluding carboxylic acids is 2. The van der Waals surface area contributed by atoms with Gasteiger partial charge in [0.05, 0.1) is 6.04 Å². The molecule has 0 radical (unpaired) electrons. The van der Waals surface area contributed by atoms with E-state index in [1.165, 1.54) is 0 Å². The maximum Gasteiger partial charge on any atom is 0.150 e. The quantitative estimate of drug-likeness (QED) is 0.710. The summed E-state index contributed by atoms with van der Waals surface area (Å²) >= 11 is 0.